The second-order valence-corrected chi connectivity index (χ2v) is 8.01. The van der Waals surface area contributed by atoms with Crippen LogP contribution in [0.4, 0.5) is 9.18 Å². The summed E-state index contributed by atoms with van der Waals surface area (Å²) in [6.07, 6.45) is 0.493. The molecule has 1 atom stereocenters. The van der Waals surface area contributed by atoms with Gasteiger partial charge in [-0.25, -0.2) is 9.18 Å². The van der Waals surface area contributed by atoms with Gasteiger partial charge in [-0.15, -0.1) is 0 Å². The maximum atomic E-state index is 13.2. The van der Waals surface area contributed by atoms with Gasteiger partial charge in [-0.2, -0.15) is 0 Å². The third kappa shape index (κ3) is 2.24. The SMILES string of the molecule is CC1(C)c2[nH]c3ccccc3c2C[C@H]2C(=O)N(Cc3ccc(F)cc3)C(=O)N21. The van der Waals surface area contributed by atoms with E-state index in [-0.39, 0.29) is 24.3 Å². The number of hydrogen-bond donors (Lipinski definition) is 1. The molecule has 0 radical (unpaired) electrons. The molecule has 1 saturated heterocycles. The quantitative estimate of drug-likeness (QED) is 0.688. The van der Waals surface area contributed by atoms with Gasteiger partial charge in [-0.1, -0.05) is 30.3 Å². The number of nitrogens with zero attached hydrogens (tertiary/aromatic N) is 2. The smallest absolute Gasteiger partial charge is 0.328 e. The number of nitrogens with one attached hydrogen (secondary N) is 1. The Kier molecular flexibility index (Phi) is 3.44. The molecule has 28 heavy (non-hydrogen) atoms. The number of carbonyl (C=O) groups excluding carboxylic acids is 2. The molecular formula is C22H20FN3O2. The first-order valence-corrected chi connectivity index (χ1v) is 9.37. The predicted molar refractivity (Wildman–Crippen MR) is 103 cm³/mol. The highest BCUT2D eigenvalue weighted by Gasteiger charge is 2.55. The molecule has 0 aliphatic carbocycles. The fourth-order valence-electron chi connectivity index (χ4n) is 4.62. The number of imide groups is 1. The Hall–Kier alpha value is -3.15. The summed E-state index contributed by atoms with van der Waals surface area (Å²) in [5.41, 5.74) is 3.19. The molecule has 6 heteroatoms. The molecule has 2 aliphatic rings. The molecule has 0 bridgehead atoms. The lowest BCUT2D eigenvalue weighted by atomic mass is 9.85. The van der Waals surface area contributed by atoms with Crippen LogP contribution in [0.1, 0.15) is 30.7 Å². The predicted octanol–water partition coefficient (Wildman–Crippen LogP) is 3.93. The van der Waals surface area contributed by atoms with E-state index in [1.54, 1.807) is 17.0 Å². The summed E-state index contributed by atoms with van der Waals surface area (Å²) in [5, 5.41) is 1.10. The van der Waals surface area contributed by atoms with Crippen LogP contribution >= 0.6 is 0 Å². The van der Waals surface area contributed by atoms with Crippen molar-refractivity contribution in [3.05, 3.63) is 71.2 Å². The Bertz CT molecular complexity index is 1120. The van der Waals surface area contributed by atoms with E-state index in [9.17, 15) is 14.0 Å². The monoisotopic (exact) mass is 377 g/mol. The topological polar surface area (TPSA) is 56.4 Å². The molecule has 3 amide bonds. The molecule has 1 N–H and O–H groups in total. The Morgan fingerprint density at radius 3 is 2.57 bits per heavy atom. The molecule has 0 unspecified atom stereocenters. The van der Waals surface area contributed by atoms with Crippen LogP contribution in [0, 0.1) is 5.82 Å². The van der Waals surface area contributed by atoms with Gasteiger partial charge in [-0.3, -0.25) is 9.69 Å². The van der Waals surface area contributed by atoms with Gasteiger partial charge < -0.3 is 9.88 Å². The number of aromatic amines is 1. The van der Waals surface area contributed by atoms with Crippen molar-refractivity contribution in [3.8, 4) is 0 Å². The minimum absolute atomic E-state index is 0.149. The molecule has 2 aliphatic heterocycles. The normalized spacial score (nSPS) is 20.6. The molecule has 5 nitrogen and oxygen atoms in total. The molecule has 1 aromatic heterocycles. The average molecular weight is 377 g/mol. The van der Waals surface area contributed by atoms with Crippen LogP contribution in [0.5, 0.6) is 0 Å². The molecule has 0 spiro atoms. The van der Waals surface area contributed by atoms with E-state index in [1.807, 2.05) is 38.1 Å². The molecule has 1 fully saturated rings. The minimum Gasteiger partial charge on any atom is -0.356 e. The van der Waals surface area contributed by atoms with E-state index in [1.165, 1.54) is 17.0 Å². The minimum atomic E-state index is -0.637. The maximum Gasteiger partial charge on any atom is 0.328 e. The van der Waals surface area contributed by atoms with E-state index in [4.69, 9.17) is 0 Å². The van der Waals surface area contributed by atoms with Crippen molar-refractivity contribution in [2.24, 2.45) is 0 Å². The van der Waals surface area contributed by atoms with Gasteiger partial charge in [0.05, 0.1) is 12.1 Å². The van der Waals surface area contributed by atoms with E-state index in [0.717, 1.165) is 27.7 Å². The van der Waals surface area contributed by atoms with Gasteiger partial charge in [0.2, 0.25) is 0 Å². The van der Waals surface area contributed by atoms with Crippen LogP contribution in [0.3, 0.4) is 0 Å². The Balaban J connectivity index is 1.55. The first-order valence-electron chi connectivity index (χ1n) is 9.37. The zero-order valence-electron chi connectivity index (χ0n) is 15.7. The van der Waals surface area contributed by atoms with Gasteiger partial charge in [0.15, 0.2) is 0 Å². The summed E-state index contributed by atoms with van der Waals surface area (Å²) in [7, 11) is 0. The Morgan fingerprint density at radius 2 is 1.82 bits per heavy atom. The van der Waals surface area contributed by atoms with Crippen LogP contribution in [0.2, 0.25) is 0 Å². The first-order chi connectivity index (χ1) is 13.4. The molecule has 2 aromatic carbocycles. The van der Waals surface area contributed by atoms with Crippen molar-refractivity contribution in [2.45, 2.75) is 38.4 Å². The number of halogens is 1. The zero-order chi connectivity index (χ0) is 19.6. The molecule has 3 aromatic rings. The van der Waals surface area contributed by atoms with Crippen LogP contribution in [0.15, 0.2) is 48.5 Å². The molecule has 5 rings (SSSR count). The number of hydrogen-bond acceptors (Lipinski definition) is 2. The summed E-state index contributed by atoms with van der Waals surface area (Å²) in [6, 6.07) is 13.1. The molecule has 0 saturated carbocycles. The molecule has 142 valence electrons. The van der Waals surface area contributed by atoms with Crippen LogP contribution < -0.4 is 0 Å². The number of benzene rings is 2. The number of rotatable bonds is 2. The van der Waals surface area contributed by atoms with Gasteiger partial charge in [-0.05, 0) is 43.2 Å². The lowest BCUT2D eigenvalue weighted by Crippen LogP contribution is -2.52. The van der Waals surface area contributed by atoms with E-state index < -0.39 is 11.6 Å². The Morgan fingerprint density at radius 1 is 1.11 bits per heavy atom. The van der Waals surface area contributed by atoms with Gasteiger partial charge in [0, 0.05) is 23.0 Å². The zero-order valence-corrected chi connectivity index (χ0v) is 15.7. The van der Waals surface area contributed by atoms with Crippen molar-refractivity contribution in [1.82, 2.24) is 14.8 Å². The van der Waals surface area contributed by atoms with E-state index in [0.29, 0.717) is 6.42 Å². The van der Waals surface area contributed by atoms with E-state index >= 15 is 0 Å². The summed E-state index contributed by atoms with van der Waals surface area (Å²) >= 11 is 0. The van der Waals surface area contributed by atoms with Crippen molar-refractivity contribution in [2.75, 3.05) is 0 Å². The average Bonchev–Trinajstić information content (AvgIpc) is 3.16. The van der Waals surface area contributed by atoms with Crippen molar-refractivity contribution in [1.29, 1.82) is 0 Å². The van der Waals surface area contributed by atoms with Crippen molar-refractivity contribution in [3.63, 3.8) is 0 Å². The first kappa shape index (κ1) is 17.0. The van der Waals surface area contributed by atoms with Crippen LogP contribution in [0.25, 0.3) is 10.9 Å². The second kappa shape index (κ2) is 5.67. The lowest BCUT2D eigenvalue weighted by molar-refractivity contribution is -0.129. The number of amides is 3. The number of para-hydroxylation sites is 1. The standard InChI is InChI=1S/C22H20FN3O2/c1-22(2)19-16(15-5-3-4-6-17(15)24-19)11-18-20(27)25(21(28)26(18)22)12-13-7-9-14(23)10-8-13/h3-10,18,24H,11-12H2,1-2H3/t18-/m0/s1. The second-order valence-electron chi connectivity index (χ2n) is 8.01. The number of fused-ring (bicyclic) bond motifs is 4. The highest BCUT2D eigenvalue weighted by atomic mass is 19.1. The summed E-state index contributed by atoms with van der Waals surface area (Å²) in [4.78, 5) is 32.8. The van der Waals surface area contributed by atoms with E-state index in [2.05, 4.69) is 4.98 Å². The summed E-state index contributed by atoms with van der Waals surface area (Å²) in [6.45, 7) is 4.09. The van der Waals surface area contributed by atoms with Crippen LogP contribution in [-0.2, 0) is 23.3 Å². The fourth-order valence-corrected chi connectivity index (χ4v) is 4.62. The number of aromatic nitrogens is 1. The number of H-pyrrole nitrogens is 1. The highest BCUT2D eigenvalue weighted by molar-refractivity contribution is 6.05. The maximum absolute atomic E-state index is 13.2. The lowest BCUT2D eigenvalue weighted by Gasteiger charge is -2.42. The fraction of sp³-hybridized carbons (Fsp3) is 0.273. The summed E-state index contributed by atoms with van der Waals surface area (Å²) in [5.74, 6) is -0.537. The van der Waals surface area contributed by atoms with Gasteiger partial charge in [0.25, 0.3) is 5.91 Å². The van der Waals surface area contributed by atoms with Gasteiger partial charge in [0.1, 0.15) is 11.9 Å². The molecule has 3 heterocycles. The number of carbonyl (C=O) groups is 2. The van der Waals surface area contributed by atoms with Crippen LogP contribution in [-0.4, -0.2) is 32.8 Å². The molecular weight excluding hydrogens is 357 g/mol. The van der Waals surface area contributed by atoms with Crippen molar-refractivity contribution >= 4 is 22.8 Å². The highest BCUT2D eigenvalue weighted by Crippen LogP contribution is 2.44. The Labute approximate surface area is 161 Å². The van der Waals surface area contributed by atoms with Gasteiger partial charge >= 0.3 is 6.03 Å². The summed E-state index contributed by atoms with van der Waals surface area (Å²) < 4.78 is 13.2. The third-order valence-corrected chi connectivity index (χ3v) is 5.98. The number of urea groups is 1. The third-order valence-electron chi connectivity index (χ3n) is 5.98. The van der Waals surface area contributed by atoms with Crippen molar-refractivity contribution < 1.29 is 14.0 Å². The largest absolute Gasteiger partial charge is 0.356 e.